The van der Waals surface area contributed by atoms with Gasteiger partial charge in [-0.05, 0) is 6.42 Å². The van der Waals surface area contributed by atoms with Crippen molar-refractivity contribution in [2.45, 2.75) is 55.7 Å². The minimum atomic E-state index is -1.72. The number of hydrogen-bond acceptors (Lipinski definition) is 1. The monoisotopic (exact) mass is 258 g/mol. The fourth-order valence-electron chi connectivity index (χ4n) is 1.21. The van der Waals surface area contributed by atoms with E-state index in [1.165, 1.54) is 25.7 Å². The van der Waals surface area contributed by atoms with Crippen molar-refractivity contribution in [2.24, 2.45) is 0 Å². The zero-order chi connectivity index (χ0) is 11.0. The molecule has 0 aliphatic rings. The van der Waals surface area contributed by atoms with Crippen molar-refractivity contribution in [3.05, 3.63) is 0 Å². The smallest absolute Gasteiger partial charge is 0.248 e. The first-order valence-electron chi connectivity index (χ1n) is 5.08. The Balaban J connectivity index is 3.33. The molecular weight excluding hydrogens is 242 g/mol. The standard InChI is InChI=1S/C10H17Cl3O/c1-2-3-4-5-6-7-8-9(14)10(11,12)13/h2-8H2,1H3. The first kappa shape index (κ1) is 14.5. The third-order valence-corrected chi connectivity index (χ3v) is 2.71. The fraction of sp³-hybridized carbons (Fsp3) is 0.900. The second-order valence-corrected chi connectivity index (χ2v) is 5.72. The van der Waals surface area contributed by atoms with E-state index in [9.17, 15) is 4.79 Å². The predicted molar refractivity (Wildman–Crippen MR) is 63.3 cm³/mol. The molecule has 0 atom stereocenters. The van der Waals surface area contributed by atoms with Gasteiger partial charge in [0.2, 0.25) is 3.79 Å². The van der Waals surface area contributed by atoms with E-state index in [1.807, 2.05) is 0 Å². The highest BCUT2D eigenvalue weighted by Gasteiger charge is 2.29. The maximum atomic E-state index is 11.2. The van der Waals surface area contributed by atoms with Crippen LogP contribution < -0.4 is 0 Å². The van der Waals surface area contributed by atoms with E-state index in [-0.39, 0.29) is 5.78 Å². The Bertz CT molecular complexity index is 163. The molecule has 0 aromatic rings. The number of unbranched alkanes of at least 4 members (excludes halogenated alkanes) is 5. The highest BCUT2D eigenvalue weighted by atomic mass is 35.6. The van der Waals surface area contributed by atoms with Crippen LogP contribution in [0.15, 0.2) is 0 Å². The van der Waals surface area contributed by atoms with Gasteiger partial charge in [-0.25, -0.2) is 0 Å². The molecule has 0 aliphatic carbocycles. The van der Waals surface area contributed by atoms with Crippen LogP contribution in [-0.2, 0) is 4.79 Å². The number of ketones is 1. The average Bonchev–Trinajstić information content (AvgIpc) is 2.09. The summed E-state index contributed by atoms with van der Waals surface area (Å²) >= 11 is 16.3. The van der Waals surface area contributed by atoms with Crippen molar-refractivity contribution in [1.29, 1.82) is 0 Å². The lowest BCUT2D eigenvalue weighted by Gasteiger charge is -2.08. The molecule has 0 N–H and O–H groups in total. The van der Waals surface area contributed by atoms with Gasteiger partial charge in [-0.2, -0.15) is 0 Å². The first-order chi connectivity index (χ1) is 6.48. The van der Waals surface area contributed by atoms with Gasteiger partial charge in [0.15, 0.2) is 5.78 Å². The van der Waals surface area contributed by atoms with Crippen LogP contribution in [-0.4, -0.2) is 9.58 Å². The Morgan fingerprint density at radius 1 is 1.00 bits per heavy atom. The van der Waals surface area contributed by atoms with Crippen LogP contribution in [0.25, 0.3) is 0 Å². The molecule has 4 heteroatoms. The summed E-state index contributed by atoms with van der Waals surface area (Å²) in [5, 5.41) is 0. The SMILES string of the molecule is CCCCCCCCC(=O)C(Cl)(Cl)Cl. The zero-order valence-corrected chi connectivity index (χ0v) is 10.8. The van der Waals surface area contributed by atoms with Gasteiger partial charge < -0.3 is 0 Å². The third-order valence-electron chi connectivity index (χ3n) is 2.07. The molecule has 0 radical (unpaired) electrons. The van der Waals surface area contributed by atoms with Gasteiger partial charge in [0, 0.05) is 6.42 Å². The van der Waals surface area contributed by atoms with E-state index in [4.69, 9.17) is 34.8 Å². The van der Waals surface area contributed by atoms with E-state index in [1.54, 1.807) is 0 Å². The summed E-state index contributed by atoms with van der Waals surface area (Å²) in [5.41, 5.74) is 0. The number of Topliss-reactive ketones (excluding diaryl/α,β-unsaturated/α-hetero) is 1. The Morgan fingerprint density at radius 3 is 2.00 bits per heavy atom. The van der Waals surface area contributed by atoms with Gasteiger partial charge in [-0.3, -0.25) is 4.79 Å². The lowest BCUT2D eigenvalue weighted by Crippen LogP contribution is -2.18. The largest absolute Gasteiger partial charge is 0.295 e. The van der Waals surface area contributed by atoms with E-state index in [0.29, 0.717) is 6.42 Å². The molecule has 1 nitrogen and oxygen atoms in total. The van der Waals surface area contributed by atoms with E-state index >= 15 is 0 Å². The second-order valence-electron chi connectivity index (χ2n) is 3.44. The van der Waals surface area contributed by atoms with E-state index in [2.05, 4.69) is 6.92 Å². The lowest BCUT2D eigenvalue weighted by atomic mass is 10.1. The number of alkyl halides is 3. The van der Waals surface area contributed by atoms with Crippen LogP contribution in [0.3, 0.4) is 0 Å². The Hall–Kier alpha value is 0.540. The number of carbonyl (C=O) groups is 1. The normalized spacial score (nSPS) is 11.7. The van der Waals surface area contributed by atoms with E-state index in [0.717, 1.165) is 12.8 Å². The molecule has 0 fully saturated rings. The Morgan fingerprint density at radius 2 is 1.50 bits per heavy atom. The Kier molecular flexibility index (Phi) is 8.08. The molecular formula is C10H17Cl3O. The molecule has 0 spiro atoms. The maximum absolute atomic E-state index is 11.2. The minimum absolute atomic E-state index is 0.294. The molecule has 0 aliphatic heterocycles. The summed E-state index contributed by atoms with van der Waals surface area (Å²) in [7, 11) is 0. The van der Waals surface area contributed by atoms with Gasteiger partial charge in [-0.15, -0.1) is 0 Å². The number of carbonyl (C=O) groups excluding carboxylic acids is 1. The molecule has 84 valence electrons. The molecule has 0 saturated heterocycles. The summed E-state index contributed by atoms with van der Waals surface area (Å²) in [4.78, 5) is 11.2. The molecule has 0 aromatic carbocycles. The van der Waals surface area contributed by atoms with Crippen molar-refractivity contribution in [1.82, 2.24) is 0 Å². The number of halogens is 3. The molecule has 0 heterocycles. The Labute approximate surface area is 101 Å². The van der Waals surface area contributed by atoms with Crippen molar-refractivity contribution in [2.75, 3.05) is 0 Å². The van der Waals surface area contributed by atoms with Gasteiger partial charge >= 0.3 is 0 Å². The van der Waals surface area contributed by atoms with Crippen molar-refractivity contribution in [3.8, 4) is 0 Å². The summed E-state index contributed by atoms with van der Waals surface area (Å²) in [6, 6.07) is 0. The summed E-state index contributed by atoms with van der Waals surface area (Å²) in [5.74, 6) is -0.294. The molecule has 14 heavy (non-hydrogen) atoms. The first-order valence-corrected chi connectivity index (χ1v) is 6.22. The van der Waals surface area contributed by atoms with Crippen molar-refractivity contribution >= 4 is 40.6 Å². The maximum Gasteiger partial charge on any atom is 0.248 e. The van der Waals surface area contributed by atoms with Crippen LogP contribution in [0.1, 0.15) is 51.9 Å². The van der Waals surface area contributed by atoms with Gasteiger partial charge in [0.1, 0.15) is 0 Å². The highest BCUT2D eigenvalue weighted by Crippen LogP contribution is 2.29. The number of rotatable bonds is 7. The summed E-state index contributed by atoms with van der Waals surface area (Å²) < 4.78 is -1.72. The number of hydrogen-bond donors (Lipinski definition) is 0. The van der Waals surface area contributed by atoms with Crippen molar-refractivity contribution in [3.63, 3.8) is 0 Å². The fourth-order valence-corrected chi connectivity index (χ4v) is 1.49. The van der Waals surface area contributed by atoms with Gasteiger partial charge in [0.05, 0.1) is 0 Å². The van der Waals surface area contributed by atoms with E-state index < -0.39 is 3.79 Å². The molecule has 0 bridgehead atoms. The molecule has 0 saturated carbocycles. The summed E-state index contributed by atoms with van der Waals surface area (Å²) in [6.07, 6.45) is 7.15. The molecule has 0 aromatic heterocycles. The predicted octanol–water partition coefficient (Wildman–Crippen LogP) is 4.68. The third kappa shape index (κ3) is 7.90. The zero-order valence-electron chi connectivity index (χ0n) is 8.49. The van der Waals surface area contributed by atoms with Crippen LogP contribution in [0.5, 0.6) is 0 Å². The second kappa shape index (κ2) is 7.78. The van der Waals surface area contributed by atoms with Crippen molar-refractivity contribution < 1.29 is 4.79 Å². The van der Waals surface area contributed by atoms with Gasteiger partial charge in [-0.1, -0.05) is 73.8 Å². The molecule has 0 rings (SSSR count). The van der Waals surface area contributed by atoms with Crippen LogP contribution in [0.4, 0.5) is 0 Å². The average molecular weight is 260 g/mol. The topological polar surface area (TPSA) is 17.1 Å². The minimum Gasteiger partial charge on any atom is -0.295 e. The van der Waals surface area contributed by atoms with Gasteiger partial charge in [0.25, 0.3) is 0 Å². The van der Waals surface area contributed by atoms with Crippen LogP contribution in [0, 0.1) is 0 Å². The quantitative estimate of drug-likeness (QED) is 0.479. The lowest BCUT2D eigenvalue weighted by molar-refractivity contribution is -0.118. The highest BCUT2D eigenvalue weighted by molar-refractivity contribution is 6.76. The molecule has 0 unspecified atom stereocenters. The molecule has 0 amide bonds. The van der Waals surface area contributed by atoms with Crippen LogP contribution >= 0.6 is 34.8 Å². The van der Waals surface area contributed by atoms with Crippen LogP contribution in [0.2, 0.25) is 0 Å². The summed E-state index contributed by atoms with van der Waals surface area (Å²) in [6.45, 7) is 2.17.